The lowest BCUT2D eigenvalue weighted by atomic mass is 9.92. The molecule has 25 heteroatoms. The van der Waals surface area contributed by atoms with Crippen molar-refractivity contribution in [3.8, 4) is 0 Å². The maximum absolute atomic E-state index is 14.6. The van der Waals surface area contributed by atoms with Gasteiger partial charge >= 0.3 is 0 Å². The van der Waals surface area contributed by atoms with Crippen LogP contribution in [0.4, 0.5) is 0 Å². The molecule has 0 saturated carbocycles. The van der Waals surface area contributed by atoms with Crippen LogP contribution in [0, 0.1) is 5.92 Å². The first-order valence-corrected chi connectivity index (χ1v) is 26.1. The second-order valence-electron chi connectivity index (χ2n) is 18.2. The minimum Gasteiger partial charge on any atom is -0.370 e. The molecule has 15 N–H and O–H groups in total. The van der Waals surface area contributed by atoms with Crippen LogP contribution in [0.15, 0.2) is 59.6 Å². The second-order valence-corrected chi connectivity index (χ2v) is 20.9. The Morgan fingerprint density at radius 1 is 0.819 bits per heavy atom. The average molecular weight is 1040 g/mol. The zero-order valence-electron chi connectivity index (χ0n) is 40.2. The third-order valence-corrected chi connectivity index (χ3v) is 14.7. The van der Waals surface area contributed by atoms with Crippen molar-refractivity contribution >= 4 is 86.6 Å². The SMILES string of the molecule is CC(C)[C@@H]1NC(=O)[C@H](Cc2ccccc2)NC(=O)C2(Cc3ccccc3C2)NC(=O)CCSSC[C@@H](C(=O)N2CCC[C@H]2C(=O)N[C@H](CCCN=C(N)N)C(=O)NCC(N)=O)NC(=O)[C@H](CC(N)=O)NC1=O. The van der Waals surface area contributed by atoms with Crippen molar-refractivity contribution in [3.63, 3.8) is 0 Å². The van der Waals surface area contributed by atoms with Crippen molar-refractivity contribution in [2.45, 2.75) is 113 Å². The number of hydrogen-bond acceptors (Lipinski definition) is 13. The molecule has 3 aliphatic rings. The second kappa shape index (κ2) is 26.5. The third kappa shape index (κ3) is 16.1. The largest absolute Gasteiger partial charge is 0.370 e. The van der Waals surface area contributed by atoms with Crippen molar-refractivity contribution in [1.29, 1.82) is 0 Å². The number of nitrogens with zero attached hydrogens (tertiary/aromatic N) is 2. The van der Waals surface area contributed by atoms with E-state index in [0.717, 1.165) is 21.9 Å². The van der Waals surface area contributed by atoms with Gasteiger partial charge in [0.2, 0.25) is 59.1 Å². The topological polar surface area (TPSA) is 375 Å². The lowest BCUT2D eigenvalue weighted by molar-refractivity contribution is -0.142. The van der Waals surface area contributed by atoms with Crippen LogP contribution < -0.4 is 60.2 Å². The molecule has 1 spiro atoms. The molecule has 0 unspecified atom stereocenters. The van der Waals surface area contributed by atoms with Crippen molar-refractivity contribution in [2.75, 3.05) is 31.1 Å². The van der Waals surface area contributed by atoms with E-state index < -0.39 is 120 Å². The number of guanidine groups is 1. The maximum Gasteiger partial charge on any atom is 0.247 e. The molecule has 2 aromatic rings. The number of primary amides is 2. The number of likely N-dealkylation sites (tertiary alicyclic amines) is 1. The number of hydrogen-bond donors (Lipinski definition) is 11. The highest BCUT2D eigenvalue weighted by Crippen LogP contribution is 2.32. The smallest absolute Gasteiger partial charge is 0.247 e. The Hall–Kier alpha value is -6.89. The van der Waals surface area contributed by atoms with Crippen LogP contribution in [-0.2, 0) is 67.2 Å². The van der Waals surface area contributed by atoms with Crippen LogP contribution in [-0.4, -0.2) is 143 Å². The molecule has 23 nitrogen and oxygen atoms in total. The number of carbonyl (C=O) groups excluding carboxylic acids is 10. The van der Waals surface area contributed by atoms with E-state index in [1.54, 1.807) is 44.2 Å². The quantitative estimate of drug-likeness (QED) is 0.0374. The van der Waals surface area contributed by atoms with Gasteiger partial charge in [0.25, 0.3) is 0 Å². The van der Waals surface area contributed by atoms with Gasteiger partial charge in [-0.1, -0.05) is 90.0 Å². The predicted octanol–water partition coefficient (Wildman–Crippen LogP) is -2.73. The molecule has 1 aliphatic carbocycles. The van der Waals surface area contributed by atoms with Gasteiger partial charge < -0.3 is 65.1 Å². The van der Waals surface area contributed by atoms with E-state index in [0.29, 0.717) is 12.0 Å². The van der Waals surface area contributed by atoms with Gasteiger partial charge in [-0.05, 0) is 48.3 Å². The standard InChI is InChI=1S/C47H65N13O10S2/c1-26(2)38-43(68)55-32(21-35(48)61)40(65)56-33(44(69)60-18-9-15-34(60)42(67)54-30(14-8-17-52-46(50)51)39(64)53-24-36(49)62)25-72-71-19-16-37(63)59-47(22-28-12-6-7-13-29(28)23-47)45(70)57-31(41(66)58-38)20-27-10-4-3-5-11-27/h3-7,10-13,26,30-34,38H,8-9,14-25H2,1-2H3,(H2,48,61)(H2,49,62)(H,53,64)(H,54,67)(H,55,68)(H,56,65)(H,57,70)(H,58,66)(H,59,63)(H4,50,51,52)/t30-,31+,32+,33+,34+,38+/m1/s1. The van der Waals surface area contributed by atoms with Crippen molar-refractivity contribution < 1.29 is 47.9 Å². The summed E-state index contributed by atoms with van der Waals surface area (Å²) >= 11 is 0. The zero-order chi connectivity index (χ0) is 52.5. The molecule has 2 heterocycles. The molecular formula is C47H65N13O10S2. The van der Waals surface area contributed by atoms with Crippen LogP contribution in [0.5, 0.6) is 0 Å². The van der Waals surface area contributed by atoms with Gasteiger partial charge in [0.15, 0.2) is 5.96 Å². The van der Waals surface area contributed by atoms with Crippen LogP contribution >= 0.6 is 21.6 Å². The van der Waals surface area contributed by atoms with Gasteiger partial charge in [0.1, 0.15) is 41.8 Å². The Labute approximate surface area is 424 Å². The van der Waals surface area contributed by atoms with Gasteiger partial charge in [0, 0.05) is 50.3 Å². The van der Waals surface area contributed by atoms with E-state index in [1.165, 1.54) is 15.7 Å². The maximum atomic E-state index is 14.6. The molecule has 10 amide bonds. The van der Waals surface area contributed by atoms with Gasteiger partial charge in [-0.2, -0.15) is 0 Å². The van der Waals surface area contributed by atoms with Crippen LogP contribution in [0.1, 0.15) is 69.1 Å². The molecule has 6 atom stereocenters. The summed E-state index contributed by atoms with van der Waals surface area (Å²) in [6, 6.07) is 8.40. The number of nitrogens with one attached hydrogen (secondary N) is 7. The van der Waals surface area contributed by atoms with Gasteiger partial charge in [0.05, 0.1) is 13.0 Å². The molecule has 2 aromatic carbocycles. The lowest BCUT2D eigenvalue weighted by Gasteiger charge is -2.32. The molecule has 2 saturated heterocycles. The molecular weight excluding hydrogens is 971 g/mol. The van der Waals surface area contributed by atoms with E-state index in [9.17, 15) is 47.9 Å². The number of fused-ring (bicyclic) bond motifs is 1. The summed E-state index contributed by atoms with van der Waals surface area (Å²) in [7, 11) is 2.33. The summed E-state index contributed by atoms with van der Waals surface area (Å²) in [5.74, 6) is -8.28. The normalized spacial score (nSPS) is 22.5. The van der Waals surface area contributed by atoms with E-state index in [1.807, 2.05) is 24.3 Å². The molecule has 390 valence electrons. The number of amides is 10. The van der Waals surface area contributed by atoms with Crippen LogP contribution in [0.25, 0.3) is 0 Å². The summed E-state index contributed by atoms with van der Waals surface area (Å²) in [6.45, 7) is 2.99. The summed E-state index contributed by atoms with van der Waals surface area (Å²) in [4.78, 5) is 142. The van der Waals surface area contributed by atoms with Crippen molar-refractivity contribution in [1.82, 2.24) is 42.1 Å². The van der Waals surface area contributed by atoms with Crippen molar-refractivity contribution in [3.05, 3.63) is 71.3 Å². The number of rotatable bonds is 15. The summed E-state index contributed by atoms with van der Waals surface area (Å²) < 4.78 is 0. The lowest BCUT2D eigenvalue weighted by Crippen LogP contribution is -2.64. The number of aliphatic imine (C=N–C) groups is 1. The summed E-state index contributed by atoms with van der Waals surface area (Å²) in [5.41, 5.74) is 22.6. The predicted molar refractivity (Wildman–Crippen MR) is 270 cm³/mol. The fourth-order valence-electron chi connectivity index (χ4n) is 8.66. The minimum absolute atomic E-state index is 0.00487. The molecule has 2 aliphatic heterocycles. The van der Waals surface area contributed by atoms with E-state index in [4.69, 9.17) is 22.9 Å². The third-order valence-electron chi connectivity index (χ3n) is 12.3. The Bertz CT molecular complexity index is 2350. The average Bonchev–Trinajstić information content (AvgIpc) is 3.98. The Morgan fingerprint density at radius 2 is 1.49 bits per heavy atom. The van der Waals surface area contributed by atoms with Gasteiger partial charge in [-0.3, -0.25) is 52.9 Å². The van der Waals surface area contributed by atoms with Gasteiger partial charge in [-0.15, -0.1) is 0 Å². The van der Waals surface area contributed by atoms with E-state index in [2.05, 4.69) is 42.2 Å². The first kappa shape index (κ1) is 56.0. The molecule has 0 aromatic heterocycles. The van der Waals surface area contributed by atoms with Crippen LogP contribution in [0.2, 0.25) is 0 Å². The highest BCUT2D eigenvalue weighted by molar-refractivity contribution is 8.76. The molecule has 0 bridgehead atoms. The van der Waals surface area contributed by atoms with E-state index >= 15 is 0 Å². The Morgan fingerprint density at radius 3 is 2.12 bits per heavy atom. The highest BCUT2D eigenvalue weighted by atomic mass is 33.1. The molecule has 0 radical (unpaired) electrons. The van der Waals surface area contributed by atoms with E-state index in [-0.39, 0.29) is 75.5 Å². The first-order chi connectivity index (χ1) is 34.3. The van der Waals surface area contributed by atoms with Crippen LogP contribution in [0.3, 0.4) is 0 Å². The number of carbonyl (C=O) groups is 10. The Balaban J connectivity index is 1.44. The summed E-state index contributed by atoms with van der Waals surface area (Å²) in [6.07, 6.45) is 0.347. The monoisotopic (exact) mass is 1040 g/mol. The minimum atomic E-state index is -1.64. The fraction of sp³-hybridized carbons (Fsp3) is 0.511. The first-order valence-electron chi connectivity index (χ1n) is 23.7. The fourth-order valence-corrected chi connectivity index (χ4v) is 10.8. The number of benzene rings is 2. The highest BCUT2D eigenvalue weighted by Gasteiger charge is 2.47. The van der Waals surface area contributed by atoms with Crippen molar-refractivity contribution in [2.24, 2.45) is 33.8 Å². The zero-order valence-corrected chi connectivity index (χ0v) is 41.9. The summed E-state index contributed by atoms with van der Waals surface area (Å²) in [5, 5.41) is 18.8. The Kier molecular flexibility index (Phi) is 20.6. The molecule has 72 heavy (non-hydrogen) atoms. The van der Waals surface area contributed by atoms with Gasteiger partial charge in [-0.25, -0.2) is 0 Å². The molecule has 2 fully saturated rings. The molecule has 5 rings (SSSR count). The number of nitrogens with two attached hydrogens (primary N) is 4.